The van der Waals surface area contributed by atoms with Gasteiger partial charge in [0.2, 0.25) is 11.8 Å². The zero-order valence-corrected chi connectivity index (χ0v) is 12.5. The van der Waals surface area contributed by atoms with Gasteiger partial charge >= 0.3 is 6.18 Å². The first kappa shape index (κ1) is 16.0. The van der Waals surface area contributed by atoms with E-state index < -0.39 is 12.6 Å². The lowest BCUT2D eigenvalue weighted by molar-refractivity contribution is -0.131. The highest BCUT2D eigenvalue weighted by Crippen LogP contribution is 2.30. The van der Waals surface area contributed by atoms with Crippen LogP contribution in [0.1, 0.15) is 37.1 Å². The third kappa shape index (κ3) is 4.31. The van der Waals surface area contributed by atoms with Gasteiger partial charge in [-0.3, -0.25) is 9.58 Å². The molecule has 1 atom stereocenters. The molecule has 1 saturated heterocycles. The average molecular weight is 329 g/mol. The maximum absolute atomic E-state index is 12.4. The van der Waals surface area contributed by atoms with Crippen molar-refractivity contribution in [3.05, 3.63) is 30.2 Å². The topological polar surface area (TPSA) is 60.0 Å². The van der Waals surface area contributed by atoms with Crippen molar-refractivity contribution in [3.8, 4) is 0 Å². The summed E-state index contributed by atoms with van der Waals surface area (Å²) in [5.74, 6) is -0.0884. The van der Waals surface area contributed by atoms with Crippen molar-refractivity contribution in [3.63, 3.8) is 0 Å². The largest absolute Gasteiger partial charge is 0.423 e. The Labute approximate surface area is 131 Å². The van der Waals surface area contributed by atoms with Crippen LogP contribution < -0.4 is 0 Å². The van der Waals surface area contributed by atoms with Gasteiger partial charge < -0.3 is 4.42 Å². The minimum Gasteiger partial charge on any atom is -0.423 e. The van der Waals surface area contributed by atoms with Gasteiger partial charge in [-0.15, -0.1) is 10.2 Å². The molecule has 0 bridgehead atoms. The summed E-state index contributed by atoms with van der Waals surface area (Å²) in [7, 11) is 0. The number of rotatable bonds is 5. The van der Waals surface area contributed by atoms with E-state index in [4.69, 9.17) is 4.42 Å². The molecule has 126 valence electrons. The number of aromatic nitrogens is 4. The number of nitrogens with zero attached hydrogens (tertiary/aromatic N) is 5. The Bertz CT molecular complexity index is 610. The quantitative estimate of drug-likeness (QED) is 0.844. The Morgan fingerprint density at radius 2 is 2.09 bits per heavy atom. The van der Waals surface area contributed by atoms with Gasteiger partial charge in [0.1, 0.15) is 6.42 Å². The molecule has 23 heavy (non-hydrogen) atoms. The van der Waals surface area contributed by atoms with Crippen LogP contribution in [0.3, 0.4) is 0 Å². The first-order chi connectivity index (χ1) is 11.0. The molecular formula is C14H18F3N5O. The van der Waals surface area contributed by atoms with Gasteiger partial charge in [-0.2, -0.15) is 18.3 Å². The summed E-state index contributed by atoms with van der Waals surface area (Å²) in [6, 6.07) is 1.74. The first-order valence-corrected chi connectivity index (χ1v) is 7.62. The predicted octanol–water partition coefficient (Wildman–Crippen LogP) is 2.60. The smallest absolute Gasteiger partial charge is 0.397 e. The summed E-state index contributed by atoms with van der Waals surface area (Å²) in [5, 5.41) is 11.5. The number of likely N-dealkylation sites (tertiary alicyclic amines) is 1. The Balaban J connectivity index is 1.66. The molecule has 9 heteroatoms. The summed E-state index contributed by atoms with van der Waals surface area (Å²) in [6.45, 7) is 2.32. The van der Waals surface area contributed by atoms with Crippen molar-refractivity contribution in [1.29, 1.82) is 0 Å². The molecule has 0 spiro atoms. The van der Waals surface area contributed by atoms with Crippen molar-refractivity contribution in [2.45, 2.75) is 44.4 Å². The highest BCUT2D eigenvalue weighted by Gasteiger charge is 2.33. The minimum absolute atomic E-state index is 0.117. The molecule has 0 aromatic carbocycles. The molecule has 0 aliphatic carbocycles. The van der Waals surface area contributed by atoms with Crippen LogP contribution in [0.5, 0.6) is 0 Å². The summed E-state index contributed by atoms with van der Waals surface area (Å²) in [5.41, 5.74) is 0. The molecule has 1 unspecified atom stereocenters. The van der Waals surface area contributed by atoms with Crippen LogP contribution in [0.15, 0.2) is 22.9 Å². The maximum atomic E-state index is 12.4. The molecule has 6 nitrogen and oxygen atoms in total. The van der Waals surface area contributed by atoms with Crippen LogP contribution in [0, 0.1) is 0 Å². The van der Waals surface area contributed by atoms with Crippen LogP contribution in [0.4, 0.5) is 13.2 Å². The van der Waals surface area contributed by atoms with Crippen LogP contribution in [0.25, 0.3) is 0 Å². The second kappa shape index (κ2) is 6.69. The molecule has 0 N–H and O–H groups in total. The molecule has 1 fully saturated rings. The number of hydrogen-bond acceptors (Lipinski definition) is 5. The molecule has 2 aromatic rings. The maximum Gasteiger partial charge on any atom is 0.397 e. The van der Waals surface area contributed by atoms with Gasteiger partial charge in [0.15, 0.2) is 0 Å². The van der Waals surface area contributed by atoms with Gasteiger partial charge in [0.05, 0.1) is 12.6 Å². The van der Waals surface area contributed by atoms with Crippen LogP contribution >= 0.6 is 0 Å². The molecule has 3 rings (SSSR count). The molecule has 2 aromatic heterocycles. The summed E-state index contributed by atoms with van der Waals surface area (Å²) >= 11 is 0. The summed E-state index contributed by atoms with van der Waals surface area (Å²) in [4.78, 5) is 2.18. The number of halogens is 3. The fourth-order valence-electron chi connectivity index (χ4n) is 2.85. The average Bonchev–Trinajstić information content (AvgIpc) is 3.15. The van der Waals surface area contributed by atoms with E-state index in [1.165, 1.54) is 0 Å². The van der Waals surface area contributed by atoms with Gasteiger partial charge in [0.25, 0.3) is 0 Å². The zero-order valence-electron chi connectivity index (χ0n) is 12.5. The van der Waals surface area contributed by atoms with Gasteiger partial charge in [0, 0.05) is 18.9 Å². The second-order valence-electron chi connectivity index (χ2n) is 5.64. The second-order valence-corrected chi connectivity index (χ2v) is 5.64. The molecule has 3 heterocycles. The summed E-state index contributed by atoms with van der Waals surface area (Å²) in [6.07, 6.45) is 0.949. The number of hydrogen-bond donors (Lipinski definition) is 0. The van der Waals surface area contributed by atoms with E-state index in [9.17, 15) is 13.2 Å². The monoisotopic (exact) mass is 329 g/mol. The molecular weight excluding hydrogens is 311 g/mol. The van der Waals surface area contributed by atoms with E-state index in [-0.39, 0.29) is 17.8 Å². The molecule has 0 saturated carbocycles. The third-order valence-electron chi connectivity index (χ3n) is 3.91. The lowest BCUT2D eigenvalue weighted by Gasteiger charge is -2.33. The van der Waals surface area contributed by atoms with Crippen molar-refractivity contribution in [2.24, 2.45) is 0 Å². The molecule has 1 aliphatic heterocycles. The lowest BCUT2D eigenvalue weighted by atomic mass is 10.0. The minimum atomic E-state index is -4.34. The van der Waals surface area contributed by atoms with Crippen LogP contribution in [-0.2, 0) is 13.0 Å². The third-order valence-corrected chi connectivity index (χ3v) is 3.91. The Morgan fingerprint density at radius 1 is 1.22 bits per heavy atom. The van der Waals surface area contributed by atoms with Gasteiger partial charge in [-0.25, -0.2) is 0 Å². The Hall–Kier alpha value is -1.90. The van der Waals surface area contributed by atoms with Crippen molar-refractivity contribution >= 4 is 0 Å². The Morgan fingerprint density at radius 3 is 2.83 bits per heavy atom. The van der Waals surface area contributed by atoms with Crippen LogP contribution in [-0.4, -0.2) is 44.1 Å². The van der Waals surface area contributed by atoms with Gasteiger partial charge in [-0.05, 0) is 25.5 Å². The Kier molecular flexibility index (Phi) is 4.65. The fourth-order valence-corrected chi connectivity index (χ4v) is 2.85. The normalized spacial score (nSPS) is 20.0. The highest BCUT2D eigenvalue weighted by molar-refractivity contribution is 4.94. The van der Waals surface area contributed by atoms with Crippen molar-refractivity contribution in [2.75, 3.05) is 13.1 Å². The molecule has 1 aliphatic rings. The van der Waals surface area contributed by atoms with E-state index in [0.29, 0.717) is 6.54 Å². The van der Waals surface area contributed by atoms with E-state index in [2.05, 4.69) is 20.2 Å². The fraction of sp³-hybridized carbons (Fsp3) is 0.643. The van der Waals surface area contributed by atoms with Gasteiger partial charge in [-0.1, -0.05) is 6.42 Å². The van der Waals surface area contributed by atoms with E-state index >= 15 is 0 Å². The predicted molar refractivity (Wildman–Crippen MR) is 74.4 cm³/mol. The standard InChI is InChI=1S/C14H18F3N5O/c15-14(16,17)10-12-19-20-13(23-12)11-4-1-2-6-21(11)8-9-22-7-3-5-18-22/h3,5,7,11H,1-2,4,6,8-10H2. The number of piperidine rings is 1. The molecule has 0 radical (unpaired) electrons. The SMILES string of the molecule is FC(F)(F)Cc1nnc(C2CCCCN2CCn2cccn2)o1. The zero-order chi connectivity index (χ0) is 16.3. The van der Waals surface area contributed by atoms with E-state index in [1.54, 1.807) is 6.20 Å². The van der Waals surface area contributed by atoms with E-state index in [1.807, 2.05) is 16.9 Å². The van der Waals surface area contributed by atoms with E-state index in [0.717, 1.165) is 32.4 Å². The number of alkyl halides is 3. The summed E-state index contributed by atoms with van der Waals surface area (Å²) < 4.78 is 44.3. The first-order valence-electron chi connectivity index (χ1n) is 7.62. The highest BCUT2D eigenvalue weighted by atomic mass is 19.4. The van der Waals surface area contributed by atoms with Crippen molar-refractivity contribution in [1.82, 2.24) is 24.9 Å². The van der Waals surface area contributed by atoms with Crippen molar-refractivity contribution < 1.29 is 17.6 Å². The van der Waals surface area contributed by atoms with Crippen LogP contribution in [0.2, 0.25) is 0 Å². The molecule has 0 amide bonds. The lowest BCUT2D eigenvalue weighted by Crippen LogP contribution is -2.36.